The molecule has 0 unspecified atom stereocenters. The number of aromatic nitrogens is 2. The molecule has 37 heavy (non-hydrogen) atoms. The van der Waals surface area contributed by atoms with Gasteiger partial charge in [-0.3, -0.25) is 19.2 Å². The van der Waals surface area contributed by atoms with Crippen molar-refractivity contribution in [1.29, 1.82) is 0 Å². The number of hydrogen-bond acceptors (Lipinski definition) is 6. The second-order valence-corrected chi connectivity index (χ2v) is 7.95. The van der Waals surface area contributed by atoms with Crippen LogP contribution in [0.1, 0.15) is 66.4 Å². The van der Waals surface area contributed by atoms with Crippen LogP contribution in [-0.2, 0) is 13.1 Å². The number of nitrogens with zero attached hydrogens (tertiary/aromatic N) is 2. The van der Waals surface area contributed by atoms with Gasteiger partial charge in [0.05, 0.1) is 0 Å². The van der Waals surface area contributed by atoms with E-state index >= 15 is 0 Å². The van der Waals surface area contributed by atoms with Crippen molar-refractivity contribution in [2.45, 2.75) is 26.4 Å². The van der Waals surface area contributed by atoms with Crippen LogP contribution < -0.4 is 21.7 Å². The van der Waals surface area contributed by atoms with E-state index in [0.29, 0.717) is 6.54 Å². The van der Waals surface area contributed by atoms with E-state index < -0.39 is 17.7 Å². The Morgan fingerprint density at radius 2 is 1.11 bits per heavy atom. The SMILES string of the molecule is CC/C=C/CNC(=O)c1cccc(C(=O)NCc2ccc(CNC(=O)c3cccc(C(N)=O)n3)cc2)n1. The van der Waals surface area contributed by atoms with Crippen molar-refractivity contribution in [3.63, 3.8) is 0 Å². The van der Waals surface area contributed by atoms with Gasteiger partial charge in [0.2, 0.25) is 0 Å². The molecule has 1 aromatic carbocycles. The fourth-order valence-electron chi connectivity index (χ4n) is 3.20. The molecule has 5 N–H and O–H groups in total. The monoisotopic (exact) mass is 500 g/mol. The van der Waals surface area contributed by atoms with E-state index in [4.69, 9.17) is 5.73 Å². The van der Waals surface area contributed by atoms with Crippen molar-refractivity contribution in [2.24, 2.45) is 5.73 Å². The molecule has 3 rings (SSSR count). The number of nitrogens with two attached hydrogens (primary N) is 1. The smallest absolute Gasteiger partial charge is 0.270 e. The predicted octanol–water partition coefficient (Wildman–Crippen LogP) is 2.13. The molecule has 0 aliphatic heterocycles. The van der Waals surface area contributed by atoms with E-state index in [1.54, 1.807) is 18.2 Å². The normalized spacial score (nSPS) is 10.6. The van der Waals surface area contributed by atoms with Gasteiger partial charge >= 0.3 is 0 Å². The van der Waals surface area contributed by atoms with Gasteiger partial charge in [-0.2, -0.15) is 0 Å². The number of amides is 4. The van der Waals surface area contributed by atoms with Gasteiger partial charge in [-0.1, -0.05) is 55.5 Å². The molecule has 0 spiro atoms. The molecule has 0 atom stereocenters. The van der Waals surface area contributed by atoms with Crippen LogP contribution in [-0.4, -0.2) is 40.1 Å². The maximum absolute atomic E-state index is 12.5. The lowest BCUT2D eigenvalue weighted by molar-refractivity contribution is 0.0932. The number of carbonyl (C=O) groups excluding carboxylic acids is 4. The van der Waals surface area contributed by atoms with Gasteiger partial charge in [-0.15, -0.1) is 0 Å². The summed E-state index contributed by atoms with van der Waals surface area (Å²) in [4.78, 5) is 56.4. The largest absolute Gasteiger partial charge is 0.364 e. The van der Waals surface area contributed by atoms with Crippen LogP contribution in [0.4, 0.5) is 0 Å². The quantitative estimate of drug-likeness (QED) is 0.296. The zero-order valence-electron chi connectivity index (χ0n) is 20.4. The Labute approximate surface area is 214 Å². The first-order valence-electron chi connectivity index (χ1n) is 11.7. The van der Waals surface area contributed by atoms with Gasteiger partial charge in [0.15, 0.2) is 0 Å². The average Bonchev–Trinajstić information content (AvgIpc) is 2.93. The van der Waals surface area contributed by atoms with Gasteiger partial charge in [0, 0.05) is 19.6 Å². The fourth-order valence-corrected chi connectivity index (χ4v) is 3.20. The number of carbonyl (C=O) groups is 4. The Bertz CT molecular complexity index is 1300. The van der Waals surface area contributed by atoms with Gasteiger partial charge in [-0.25, -0.2) is 9.97 Å². The average molecular weight is 501 g/mol. The van der Waals surface area contributed by atoms with Gasteiger partial charge in [0.1, 0.15) is 22.8 Å². The van der Waals surface area contributed by atoms with Crippen LogP contribution in [0.5, 0.6) is 0 Å². The third kappa shape index (κ3) is 8.10. The first-order chi connectivity index (χ1) is 17.9. The van der Waals surface area contributed by atoms with Crippen LogP contribution in [0.15, 0.2) is 72.8 Å². The zero-order chi connectivity index (χ0) is 26.6. The van der Waals surface area contributed by atoms with E-state index in [1.165, 1.54) is 18.2 Å². The van der Waals surface area contributed by atoms with E-state index in [9.17, 15) is 19.2 Å². The summed E-state index contributed by atoms with van der Waals surface area (Å²) in [6.07, 6.45) is 4.69. The molecule has 0 bridgehead atoms. The topological polar surface area (TPSA) is 156 Å². The van der Waals surface area contributed by atoms with Crippen LogP contribution >= 0.6 is 0 Å². The molecule has 190 valence electrons. The van der Waals surface area contributed by atoms with Crippen molar-refractivity contribution < 1.29 is 19.2 Å². The second kappa shape index (κ2) is 13.3. The van der Waals surface area contributed by atoms with Crippen LogP contribution in [0.25, 0.3) is 0 Å². The molecule has 2 aromatic heterocycles. The van der Waals surface area contributed by atoms with Crippen LogP contribution in [0.3, 0.4) is 0 Å². The Morgan fingerprint density at radius 3 is 1.57 bits per heavy atom. The number of nitrogens with one attached hydrogen (secondary N) is 3. The lowest BCUT2D eigenvalue weighted by atomic mass is 10.1. The van der Waals surface area contributed by atoms with Crippen LogP contribution in [0.2, 0.25) is 0 Å². The van der Waals surface area contributed by atoms with E-state index in [0.717, 1.165) is 17.5 Å². The maximum atomic E-state index is 12.5. The Hall–Kier alpha value is -4.86. The lowest BCUT2D eigenvalue weighted by Gasteiger charge is -2.08. The highest BCUT2D eigenvalue weighted by molar-refractivity contribution is 5.96. The Morgan fingerprint density at radius 1 is 0.676 bits per heavy atom. The molecule has 0 saturated heterocycles. The Kier molecular flexibility index (Phi) is 9.60. The Balaban J connectivity index is 1.50. The summed E-state index contributed by atoms with van der Waals surface area (Å²) in [5.74, 6) is -1.89. The molecule has 0 fully saturated rings. The molecule has 3 aromatic rings. The third-order valence-electron chi connectivity index (χ3n) is 5.16. The maximum Gasteiger partial charge on any atom is 0.270 e. The van der Waals surface area contributed by atoms with Gasteiger partial charge in [-0.05, 0) is 41.8 Å². The summed E-state index contributed by atoms with van der Waals surface area (Å²) in [7, 11) is 0. The molecule has 10 nitrogen and oxygen atoms in total. The number of pyridine rings is 2. The van der Waals surface area contributed by atoms with E-state index in [2.05, 4.69) is 25.9 Å². The van der Waals surface area contributed by atoms with Gasteiger partial charge < -0.3 is 21.7 Å². The number of allylic oxidation sites excluding steroid dienone is 1. The molecule has 10 heteroatoms. The first-order valence-corrected chi connectivity index (χ1v) is 11.7. The van der Waals surface area contributed by atoms with Crippen molar-refractivity contribution >= 4 is 23.6 Å². The number of primary amides is 1. The van der Waals surface area contributed by atoms with E-state index in [-0.39, 0.29) is 41.8 Å². The molecule has 0 aliphatic rings. The first kappa shape index (κ1) is 26.7. The highest BCUT2D eigenvalue weighted by Crippen LogP contribution is 2.07. The molecule has 0 radical (unpaired) electrons. The molecule has 0 aliphatic carbocycles. The minimum atomic E-state index is -0.707. The predicted molar refractivity (Wildman–Crippen MR) is 138 cm³/mol. The van der Waals surface area contributed by atoms with Crippen molar-refractivity contribution in [2.75, 3.05) is 6.54 Å². The molecule has 0 saturated carbocycles. The highest BCUT2D eigenvalue weighted by Gasteiger charge is 2.12. The summed E-state index contributed by atoms with van der Waals surface area (Å²) in [6, 6.07) is 16.5. The second-order valence-electron chi connectivity index (χ2n) is 7.95. The molecular formula is C27H28N6O4. The number of hydrogen-bond donors (Lipinski definition) is 4. The summed E-state index contributed by atoms with van der Waals surface area (Å²) in [5, 5.41) is 8.25. The molecule has 2 heterocycles. The lowest BCUT2D eigenvalue weighted by Crippen LogP contribution is -2.27. The number of benzene rings is 1. The summed E-state index contributed by atoms with van der Waals surface area (Å²) >= 11 is 0. The minimum absolute atomic E-state index is 0.0177. The van der Waals surface area contributed by atoms with Crippen molar-refractivity contribution in [3.05, 3.63) is 107 Å². The van der Waals surface area contributed by atoms with Gasteiger partial charge in [0.25, 0.3) is 23.6 Å². The molecule has 4 amide bonds. The van der Waals surface area contributed by atoms with Crippen molar-refractivity contribution in [1.82, 2.24) is 25.9 Å². The molecular weight excluding hydrogens is 472 g/mol. The third-order valence-corrected chi connectivity index (χ3v) is 5.16. The standard InChI is InChI=1S/C27H28N6O4/c1-2-3-4-15-29-25(35)21-9-6-10-23(33-21)27(37)31-17-19-13-11-18(12-14-19)16-30-26(36)22-8-5-7-20(32-22)24(28)34/h3-14H,2,15-17H2,1H3,(H2,28,34)(H,29,35)(H,30,36)(H,31,37)/b4-3+. The number of rotatable bonds is 11. The van der Waals surface area contributed by atoms with E-state index in [1.807, 2.05) is 43.3 Å². The van der Waals surface area contributed by atoms with Crippen molar-refractivity contribution in [3.8, 4) is 0 Å². The summed E-state index contributed by atoms with van der Waals surface area (Å²) < 4.78 is 0. The highest BCUT2D eigenvalue weighted by atomic mass is 16.2. The summed E-state index contributed by atoms with van der Waals surface area (Å²) in [5.41, 5.74) is 7.31. The summed E-state index contributed by atoms with van der Waals surface area (Å²) in [6.45, 7) is 2.91. The van der Waals surface area contributed by atoms with Crippen LogP contribution in [0, 0.1) is 0 Å². The fraction of sp³-hybridized carbons (Fsp3) is 0.185. The minimum Gasteiger partial charge on any atom is -0.364 e. The zero-order valence-corrected chi connectivity index (χ0v) is 20.4.